The molecule has 188 valence electrons. The van der Waals surface area contributed by atoms with Crippen molar-refractivity contribution in [2.24, 2.45) is 0 Å². The van der Waals surface area contributed by atoms with E-state index in [1.165, 1.54) is 12.1 Å². The fourth-order valence-corrected chi connectivity index (χ4v) is 4.52. The highest BCUT2D eigenvalue weighted by atomic mass is 19.4. The fraction of sp³-hybridized carbons (Fsp3) is 0.138. The number of hydrogen-bond donors (Lipinski definition) is 1. The Bertz CT molecular complexity index is 1570. The lowest BCUT2D eigenvalue weighted by Crippen LogP contribution is -2.11. The second-order valence-electron chi connectivity index (χ2n) is 8.47. The number of carbonyl (C=O) groups is 1. The first-order valence-electron chi connectivity index (χ1n) is 11.6. The summed E-state index contributed by atoms with van der Waals surface area (Å²) < 4.78 is 52.2. The third-order valence-electron chi connectivity index (χ3n) is 6.14. The SMILES string of the molecule is O=C(O)Oc1c(-c2ccc(C(F)(F)F)cc2)c2ccccc2n1CCCOc1cccc2ccccc12. The molecule has 0 aliphatic rings. The summed E-state index contributed by atoms with van der Waals surface area (Å²) in [5.41, 5.74) is 0.762. The number of alkyl halides is 3. The second kappa shape index (κ2) is 9.89. The summed E-state index contributed by atoms with van der Waals surface area (Å²) in [7, 11) is 0. The number of halogens is 3. The number of benzene rings is 4. The molecule has 0 radical (unpaired) electrons. The lowest BCUT2D eigenvalue weighted by atomic mass is 10.0. The highest BCUT2D eigenvalue weighted by Gasteiger charge is 2.30. The first kappa shape index (κ1) is 24.2. The van der Waals surface area contributed by atoms with Crippen LogP contribution in [0, 0.1) is 0 Å². The molecule has 0 saturated heterocycles. The molecule has 0 atom stereocenters. The molecule has 0 saturated carbocycles. The normalized spacial score (nSPS) is 11.6. The zero-order valence-electron chi connectivity index (χ0n) is 19.5. The van der Waals surface area contributed by atoms with Gasteiger partial charge in [0.15, 0.2) is 0 Å². The Kier molecular flexibility index (Phi) is 6.48. The van der Waals surface area contributed by atoms with E-state index in [1.54, 1.807) is 16.7 Å². The van der Waals surface area contributed by atoms with Gasteiger partial charge >= 0.3 is 12.3 Å². The Balaban J connectivity index is 1.46. The van der Waals surface area contributed by atoms with Crippen molar-refractivity contribution in [3.63, 3.8) is 0 Å². The van der Waals surface area contributed by atoms with Crippen LogP contribution < -0.4 is 9.47 Å². The van der Waals surface area contributed by atoms with Crippen LogP contribution in [0.3, 0.4) is 0 Å². The van der Waals surface area contributed by atoms with Gasteiger partial charge in [-0.2, -0.15) is 13.2 Å². The summed E-state index contributed by atoms with van der Waals surface area (Å²) in [5, 5.41) is 12.2. The standard InChI is InChI=1S/C29H22F3NO4/c30-29(31,32)21-15-13-20(14-16-21)26-23-10-3-4-11-24(23)33(27(26)37-28(34)35)17-6-18-36-25-12-5-8-19-7-1-2-9-22(19)25/h1-5,7-16H,6,17-18H2,(H,34,35). The Hall–Kier alpha value is -4.46. The van der Waals surface area contributed by atoms with E-state index >= 15 is 0 Å². The number of ether oxygens (including phenoxy) is 2. The van der Waals surface area contributed by atoms with Gasteiger partial charge in [0, 0.05) is 17.3 Å². The molecule has 4 aromatic carbocycles. The highest BCUT2D eigenvalue weighted by molar-refractivity contribution is 6.00. The summed E-state index contributed by atoms with van der Waals surface area (Å²) in [6.07, 6.45) is -5.45. The molecule has 37 heavy (non-hydrogen) atoms. The first-order chi connectivity index (χ1) is 17.8. The molecule has 1 aromatic heterocycles. The van der Waals surface area contributed by atoms with Crippen molar-refractivity contribution in [3.8, 4) is 22.8 Å². The monoisotopic (exact) mass is 505 g/mol. The summed E-state index contributed by atoms with van der Waals surface area (Å²) >= 11 is 0. The van der Waals surface area contributed by atoms with Crippen molar-refractivity contribution in [2.45, 2.75) is 19.1 Å². The summed E-state index contributed by atoms with van der Waals surface area (Å²) in [6.45, 7) is 0.733. The van der Waals surface area contributed by atoms with Crippen LogP contribution in [-0.2, 0) is 12.7 Å². The van der Waals surface area contributed by atoms with E-state index in [0.717, 1.165) is 28.7 Å². The van der Waals surface area contributed by atoms with Crippen LogP contribution in [0.15, 0.2) is 91.0 Å². The molecule has 0 unspecified atom stereocenters. The number of rotatable bonds is 7. The van der Waals surface area contributed by atoms with Crippen LogP contribution in [-0.4, -0.2) is 22.4 Å². The van der Waals surface area contributed by atoms with Gasteiger partial charge in [-0.25, -0.2) is 4.79 Å². The quantitative estimate of drug-likeness (QED) is 0.180. The second-order valence-corrected chi connectivity index (χ2v) is 8.47. The van der Waals surface area contributed by atoms with Crippen LogP contribution in [0.4, 0.5) is 18.0 Å². The van der Waals surface area contributed by atoms with Crippen molar-refractivity contribution in [1.82, 2.24) is 4.57 Å². The Morgan fingerprint density at radius 3 is 2.24 bits per heavy atom. The van der Waals surface area contributed by atoms with E-state index in [9.17, 15) is 23.1 Å². The predicted molar refractivity (Wildman–Crippen MR) is 135 cm³/mol. The molecule has 0 spiro atoms. The Morgan fingerprint density at radius 1 is 0.838 bits per heavy atom. The van der Waals surface area contributed by atoms with Crippen molar-refractivity contribution < 1.29 is 32.5 Å². The molecule has 5 rings (SSSR count). The van der Waals surface area contributed by atoms with Crippen molar-refractivity contribution in [2.75, 3.05) is 6.61 Å². The number of fused-ring (bicyclic) bond motifs is 2. The molecular formula is C29H22F3NO4. The van der Waals surface area contributed by atoms with Crippen molar-refractivity contribution in [3.05, 3.63) is 96.6 Å². The average molecular weight is 505 g/mol. The Labute approximate surface area is 210 Å². The van der Waals surface area contributed by atoms with E-state index in [0.29, 0.717) is 41.6 Å². The number of para-hydroxylation sites is 1. The fourth-order valence-electron chi connectivity index (χ4n) is 4.52. The lowest BCUT2D eigenvalue weighted by Gasteiger charge is -2.13. The molecule has 0 amide bonds. The van der Waals surface area contributed by atoms with Crippen molar-refractivity contribution >= 4 is 27.8 Å². The molecule has 1 heterocycles. The molecular weight excluding hydrogens is 483 g/mol. The number of aromatic nitrogens is 1. The summed E-state index contributed by atoms with van der Waals surface area (Å²) in [6, 6.07) is 25.5. The summed E-state index contributed by atoms with van der Waals surface area (Å²) in [5.74, 6) is 0.807. The van der Waals surface area contributed by atoms with Crippen LogP contribution in [0.25, 0.3) is 32.8 Å². The molecule has 0 bridgehead atoms. The third-order valence-corrected chi connectivity index (χ3v) is 6.14. The van der Waals surface area contributed by atoms with Gasteiger partial charge in [-0.1, -0.05) is 66.7 Å². The third kappa shape index (κ3) is 4.95. The van der Waals surface area contributed by atoms with E-state index in [1.807, 2.05) is 54.6 Å². The highest BCUT2D eigenvalue weighted by Crippen LogP contribution is 2.41. The number of hydrogen-bond acceptors (Lipinski definition) is 3. The topological polar surface area (TPSA) is 60.7 Å². The molecule has 8 heteroatoms. The molecule has 5 aromatic rings. The smallest absolute Gasteiger partial charge is 0.493 e. The van der Waals surface area contributed by atoms with Crippen molar-refractivity contribution in [1.29, 1.82) is 0 Å². The van der Waals surface area contributed by atoms with Gasteiger partial charge in [-0.15, -0.1) is 0 Å². The van der Waals surface area contributed by atoms with Crippen LogP contribution in [0.1, 0.15) is 12.0 Å². The van der Waals surface area contributed by atoms with E-state index in [4.69, 9.17) is 9.47 Å². The maximum atomic E-state index is 13.1. The first-order valence-corrected chi connectivity index (χ1v) is 11.6. The van der Waals surface area contributed by atoms with E-state index < -0.39 is 17.9 Å². The minimum absolute atomic E-state index is 0.0543. The van der Waals surface area contributed by atoms with Gasteiger partial charge in [0.1, 0.15) is 5.75 Å². The molecule has 0 aliphatic heterocycles. The minimum Gasteiger partial charge on any atom is -0.493 e. The molecule has 5 nitrogen and oxygen atoms in total. The maximum absolute atomic E-state index is 13.1. The van der Waals surface area contributed by atoms with Crippen LogP contribution >= 0.6 is 0 Å². The molecule has 0 fully saturated rings. The van der Waals surface area contributed by atoms with E-state index in [-0.39, 0.29) is 5.88 Å². The average Bonchev–Trinajstić information content (AvgIpc) is 3.18. The lowest BCUT2D eigenvalue weighted by molar-refractivity contribution is -0.137. The maximum Gasteiger partial charge on any atom is 0.512 e. The zero-order chi connectivity index (χ0) is 26.0. The van der Waals surface area contributed by atoms with Gasteiger partial charge in [-0.3, -0.25) is 0 Å². The number of nitrogens with zero attached hydrogens (tertiary/aromatic N) is 1. The zero-order valence-corrected chi connectivity index (χ0v) is 19.5. The van der Waals surface area contributed by atoms with Gasteiger partial charge in [0.25, 0.3) is 0 Å². The van der Waals surface area contributed by atoms with Gasteiger partial charge in [0.05, 0.1) is 23.3 Å². The minimum atomic E-state index is -4.48. The van der Waals surface area contributed by atoms with Crippen LogP contribution in [0.2, 0.25) is 0 Å². The molecule has 0 aliphatic carbocycles. The number of aryl methyl sites for hydroxylation is 1. The number of carboxylic acid groups (broad SMARTS) is 1. The summed E-state index contributed by atoms with van der Waals surface area (Å²) in [4.78, 5) is 11.6. The largest absolute Gasteiger partial charge is 0.512 e. The molecule has 1 N–H and O–H groups in total. The predicted octanol–water partition coefficient (Wildman–Crippen LogP) is 8.01. The van der Waals surface area contributed by atoms with Gasteiger partial charge in [0.2, 0.25) is 5.88 Å². The van der Waals surface area contributed by atoms with Gasteiger partial charge in [-0.05, 0) is 41.6 Å². The van der Waals surface area contributed by atoms with Crippen LogP contribution in [0.5, 0.6) is 11.6 Å². The Morgan fingerprint density at radius 2 is 1.51 bits per heavy atom. The van der Waals surface area contributed by atoms with Gasteiger partial charge < -0.3 is 19.1 Å². The van der Waals surface area contributed by atoms with E-state index in [2.05, 4.69) is 0 Å².